The average molecular weight is 394 g/mol. The van der Waals surface area contributed by atoms with Crippen LogP contribution in [0.2, 0.25) is 13.1 Å². The first kappa shape index (κ1) is 19.4. The van der Waals surface area contributed by atoms with E-state index in [1.165, 1.54) is 23.2 Å². The van der Waals surface area contributed by atoms with Crippen LogP contribution in [0.3, 0.4) is 0 Å². The van der Waals surface area contributed by atoms with E-state index in [4.69, 9.17) is 0 Å². The number of aromatic nitrogens is 1. The minimum atomic E-state index is -0.622. The SMILES string of the molecule is Cc1[nH][c]([Zr+2][C]2=C([SiH](C)C)C=CC2)c(C)c1C.[Cl-].[Cl-]. The molecule has 0 atom stereocenters. The second kappa shape index (κ2) is 8.02. The molecule has 0 unspecified atom stereocenters. The fraction of sp³-hybridized carbons (Fsp3) is 0.429. The normalized spacial score (nSPS) is 13.4. The van der Waals surface area contributed by atoms with Gasteiger partial charge >= 0.3 is 118 Å². The number of rotatable bonds is 3. The Labute approximate surface area is 142 Å². The summed E-state index contributed by atoms with van der Waals surface area (Å²) in [4.78, 5) is 3.63. The summed E-state index contributed by atoms with van der Waals surface area (Å²) in [5.41, 5.74) is 4.36. The first-order valence-electron chi connectivity index (χ1n) is 6.33. The Kier molecular flexibility index (Phi) is 8.21. The molecule has 1 aromatic rings. The molecule has 0 spiro atoms. The van der Waals surface area contributed by atoms with Gasteiger partial charge in [0.1, 0.15) is 0 Å². The van der Waals surface area contributed by atoms with E-state index in [2.05, 4.69) is 51.0 Å². The van der Waals surface area contributed by atoms with Crippen molar-refractivity contribution in [2.24, 2.45) is 0 Å². The zero-order valence-electron chi connectivity index (χ0n) is 12.2. The minimum Gasteiger partial charge on any atom is -1.00 e. The topological polar surface area (TPSA) is 15.8 Å². The molecule has 0 radical (unpaired) electrons. The van der Waals surface area contributed by atoms with Crippen LogP contribution in [0, 0.1) is 20.8 Å². The molecule has 0 aromatic carbocycles. The molecule has 1 nitrogen and oxygen atoms in total. The van der Waals surface area contributed by atoms with Crippen LogP contribution in [0.1, 0.15) is 23.2 Å². The zero-order chi connectivity index (χ0) is 12.6. The van der Waals surface area contributed by atoms with Crippen LogP contribution < -0.4 is 28.2 Å². The van der Waals surface area contributed by atoms with Gasteiger partial charge < -0.3 is 24.8 Å². The number of hydrogen-bond acceptors (Lipinski definition) is 0. The van der Waals surface area contributed by atoms with Gasteiger partial charge in [0.25, 0.3) is 0 Å². The zero-order valence-corrected chi connectivity index (χ0v) is 17.3. The maximum absolute atomic E-state index is 3.63. The average Bonchev–Trinajstić information content (AvgIpc) is 2.81. The van der Waals surface area contributed by atoms with Gasteiger partial charge in [-0.2, -0.15) is 0 Å². The molecule has 2 rings (SSSR count). The molecule has 0 fully saturated rings. The third-order valence-corrected chi connectivity index (χ3v) is 9.97. The molecule has 1 aliphatic rings. The first-order chi connectivity index (χ1) is 8.00. The van der Waals surface area contributed by atoms with E-state index in [1.807, 2.05) is 3.28 Å². The summed E-state index contributed by atoms with van der Waals surface area (Å²) < 4.78 is 3.41. The van der Waals surface area contributed by atoms with Crippen LogP contribution in [-0.2, 0) is 23.2 Å². The Bertz CT molecular complexity index is 504. The molecule has 104 valence electrons. The molecule has 1 aliphatic carbocycles. The van der Waals surface area contributed by atoms with Gasteiger partial charge in [-0.25, -0.2) is 0 Å². The van der Waals surface area contributed by atoms with Gasteiger partial charge in [0.2, 0.25) is 0 Å². The molecule has 1 aromatic heterocycles. The third kappa shape index (κ3) is 4.20. The summed E-state index contributed by atoms with van der Waals surface area (Å²) in [5, 5.41) is 1.75. The van der Waals surface area contributed by atoms with Crippen molar-refractivity contribution in [2.45, 2.75) is 40.3 Å². The molecule has 0 aliphatic heterocycles. The van der Waals surface area contributed by atoms with Crippen LogP contribution in [0.5, 0.6) is 0 Å². The summed E-state index contributed by atoms with van der Waals surface area (Å²) in [7, 11) is -0.622. The quantitative estimate of drug-likeness (QED) is 0.524. The van der Waals surface area contributed by atoms with Crippen LogP contribution in [0.15, 0.2) is 20.6 Å². The fourth-order valence-corrected chi connectivity index (χ4v) is 9.58. The number of aryl methyl sites for hydroxylation is 1. The Morgan fingerprint density at radius 2 is 1.74 bits per heavy atom. The van der Waals surface area contributed by atoms with Gasteiger partial charge in [-0.3, -0.25) is 0 Å². The largest absolute Gasteiger partial charge is 1.00 e. The van der Waals surface area contributed by atoms with E-state index in [0.717, 1.165) is 0 Å². The van der Waals surface area contributed by atoms with Gasteiger partial charge in [0, 0.05) is 0 Å². The maximum atomic E-state index is 3.63. The molecular formula is C14H21Cl2NSiZr. The van der Waals surface area contributed by atoms with Crippen LogP contribution in [0.4, 0.5) is 0 Å². The van der Waals surface area contributed by atoms with Crippen molar-refractivity contribution in [2.75, 3.05) is 0 Å². The molecule has 5 heteroatoms. The second-order valence-electron chi connectivity index (χ2n) is 5.20. The van der Waals surface area contributed by atoms with Crippen molar-refractivity contribution in [3.8, 4) is 0 Å². The van der Waals surface area contributed by atoms with Gasteiger partial charge in [-0.1, -0.05) is 0 Å². The monoisotopic (exact) mass is 391 g/mol. The molecular weight excluding hydrogens is 372 g/mol. The van der Waals surface area contributed by atoms with Crippen molar-refractivity contribution in [3.05, 3.63) is 37.5 Å². The minimum absolute atomic E-state index is 0. The Morgan fingerprint density at radius 1 is 1.11 bits per heavy atom. The number of H-pyrrole nitrogens is 1. The van der Waals surface area contributed by atoms with Gasteiger partial charge in [0.15, 0.2) is 0 Å². The van der Waals surface area contributed by atoms with Crippen molar-refractivity contribution < 1.29 is 48.0 Å². The fourth-order valence-electron chi connectivity index (χ4n) is 2.31. The molecule has 0 saturated carbocycles. The second-order valence-corrected chi connectivity index (χ2v) is 11.5. The Balaban J connectivity index is 0.00000162. The summed E-state index contributed by atoms with van der Waals surface area (Å²) in [6, 6.07) is 0. The molecule has 1 heterocycles. The molecule has 0 saturated heterocycles. The van der Waals surface area contributed by atoms with E-state index in [1.54, 1.807) is 8.60 Å². The van der Waals surface area contributed by atoms with Crippen molar-refractivity contribution >= 4 is 12.2 Å². The molecule has 1 N–H and O–H groups in total. The van der Waals surface area contributed by atoms with E-state index in [-0.39, 0.29) is 24.8 Å². The Hall–Kier alpha value is 0.440. The maximum Gasteiger partial charge on any atom is -1.00 e. The summed E-state index contributed by atoms with van der Waals surface area (Å²) >= 11 is -0.567. The predicted octanol–water partition coefficient (Wildman–Crippen LogP) is -3.10. The third-order valence-electron chi connectivity index (χ3n) is 3.68. The van der Waals surface area contributed by atoms with Gasteiger partial charge in [0.05, 0.1) is 0 Å². The van der Waals surface area contributed by atoms with Crippen LogP contribution in [0.25, 0.3) is 0 Å². The molecule has 0 amide bonds. The van der Waals surface area contributed by atoms with Gasteiger partial charge in [-0.15, -0.1) is 0 Å². The number of allylic oxidation sites excluding steroid dienone is 4. The number of nitrogens with one attached hydrogen (secondary N) is 1. The smallest absolute Gasteiger partial charge is 1.00 e. The summed E-state index contributed by atoms with van der Waals surface area (Å²) in [5.74, 6) is 0. The van der Waals surface area contributed by atoms with Crippen molar-refractivity contribution in [1.29, 1.82) is 0 Å². The number of aromatic amines is 1. The van der Waals surface area contributed by atoms with Crippen molar-refractivity contribution in [3.63, 3.8) is 0 Å². The summed E-state index contributed by atoms with van der Waals surface area (Å²) in [6.45, 7) is 11.6. The van der Waals surface area contributed by atoms with Crippen LogP contribution in [-0.4, -0.2) is 13.8 Å². The van der Waals surface area contributed by atoms with Crippen LogP contribution >= 0.6 is 0 Å². The predicted molar refractivity (Wildman–Crippen MR) is 74.3 cm³/mol. The van der Waals surface area contributed by atoms with Gasteiger partial charge in [-0.05, 0) is 0 Å². The van der Waals surface area contributed by atoms with E-state index in [0.29, 0.717) is 0 Å². The van der Waals surface area contributed by atoms with Crippen molar-refractivity contribution in [1.82, 2.24) is 4.98 Å². The molecule has 19 heavy (non-hydrogen) atoms. The number of hydrogen-bond donors (Lipinski definition) is 1. The van der Waals surface area contributed by atoms with E-state index in [9.17, 15) is 0 Å². The molecule has 0 bridgehead atoms. The Morgan fingerprint density at radius 3 is 2.21 bits per heavy atom. The van der Waals surface area contributed by atoms with E-state index < -0.39 is 32.0 Å². The van der Waals surface area contributed by atoms with E-state index >= 15 is 0 Å². The first-order valence-corrected chi connectivity index (χ1v) is 11.7. The summed E-state index contributed by atoms with van der Waals surface area (Å²) in [6.07, 6.45) is 6.02. The standard InChI is InChI=1S/C7H10N.C7H11Si.2ClH.Zr/c1-5-4-8-7(3)6(5)2;1-8(2)7-5-3-4-6-7;;;/h8H,1-3H3;3,5,8H,4H2,1-2H3;2*1H;/q;;;;+2/p-2. The number of halogens is 2.